The number of aliphatic hydroxyl groups excluding tert-OH is 1. The summed E-state index contributed by atoms with van der Waals surface area (Å²) in [4.78, 5) is 2.30. The zero-order chi connectivity index (χ0) is 12.7. The molecule has 2 aliphatic rings. The van der Waals surface area contributed by atoms with Gasteiger partial charge in [-0.1, -0.05) is 6.92 Å². The summed E-state index contributed by atoms with van der Waals surface area (Å²) in [5, 5.41) is 18.4. The number of likely N-dealkylation sites (tertiary alicyclic amines) is 1. The molecule has 1 saturated carbocycles. The van der Waals surface area contributed by atoms with Gasteiger partial charge < -0.3 is 9.67 Å². The molecule has 0 radical (unpaired) electrons. The quantitative estimate of drug-likeness (QED) is 0.873. The van der Waals surface area contributed by atoms with Crippen molar-refractivity contribution in [1.82, 2.24) is 19.7 Å². The van der Waals surface area contributed by atoms with E-state index in [4.69, 9.17) is 0 Å². The lowest BCUT2D eigenvalue weighted by Gasteiger charge is -2.33. The Kier molecular flexibility index (Phi) is 3.11. The first-order chi connectivity index (χ1) is 8.65. The summed E-state index contributed by atoms with van der Waals surface area (Å²) in [7, 11) is 0. The van der Waals surface area contributed by atoms with Crippen molar-refractivity contribution in [2.24, 2.45) is 5.92 Å². The average molecular weight is 250 g/mol. The lowest BCUT2D eigenvalue weighted by molar-refractivity contribution is 0.0244. The Morgan fingerprint density at radius 1 is 1.28 bits per heavy atom. The van der Waals surface area contributed by atoms with Gasteiger partial charge in [0.15, 0.2) is 0 Å². The van der Waals surface area contributed by atoms with Crippen molar-refractivity contribution < 1.29 is 5.11 Å². The van der Waals surface area contributed by atoms with Crippen LogP contribution in [-0.2, 0) is 6.54 Å². The van der Waals surface area contributed by atoms with Crippen molar-refractivity contribution in [1.29, 1.82) is 0 Å². The average Bonchev–Trinajstić information content (AvgIpc) is 3.10. The van der Waals surface area contributed by atoms with Crippen LogP contribution in [0.25, 0.3) is 0 Å². The Bertz CT molecular complexity index is 427. The van der Waals surface area contributed by atoms with Gasteiger partial charge >= 0.3 is 0 Å². The van der Waals surface area contributed by atoms with Crippen LogP contribution in [0.5, 0.6) is 0 Å². The van der Waals surface area contributed by atoms with Crippen molar-refractivity contribution in [3.63, 3.8) is 0 Å². The maximum atomic E-state index is 9.94. The van der Waals surface area contributed by atoms with Crippen LogP contribution < -0.4 is 0 Å². The predicted molar refractivity (Wildman–Crippen MR) is 68.1 cm³/mol. The van der Waals surface area contributed by atoms with Crippen molar-refractivity contribution in [2.75, 3.05) is 13.1 Å². The van der Waals surface area contributed by atoms with E-state index >= 15 is 0 Å². The highest BCUT2D eigenvalue weighted by atomic mass is 16.3. The van der Waals surface area contributed by atoms with Gasteiger partial charge in [0.25, 0.3) is 0 Å². The van der Waals surface area contributed by atoms with Gasteiger partial charge in [0.05, 0.1) is 12.6 Å². The van der Waals surface area contributed by atoms with E-state index in [9.17, 15) is 5.11 Å². The third-order valence-electron chi connectivity index (χ3n) is 4.22. The highest BCUT2D eigenvalue weighted by Crippen LogP contribution is 2.36. The lowest BCUT2D eigenvalue weighted by atomic mass is 9.96. The number of hydrogen-bond donors (Lipinski definition) is 1. The smallest absolute Gasteiger partial charge is 0.147 e. The number of piperidine rings is 1. The Balaban J connectivity index is 1.69. The molecule has 2 unspecified atom stereocenters. The van der Waals surface area contributed by atoms with Gasteiger partial charge in [-0.25, -0.2) is 0 Å². The van der Waals surface area contributed by atoms with E-state index in [-0.39, 0.29) is 6.10 Å². The first-order valence-corrected chi connectivity index (χ1v) is 6.96. The second-order valence-electron chi connectivity index (χ2n) is 5.83. The second-order valence-corrected chi connectivity index (χ2v) is 5.83. The molecular formula is C13H22N4O. The lowest BCUT2D eigenvalue weighted by Crippen LogP contribution is -2.42. The van der Waals surface area contributed by atoms with Gasteiger partial charge in [-0.05, 0) is 38.6 Å². The largest absolute Gasteiger partial charge is 0.392 e. The molecule has 1 aliphatic heterocycles. The summed E-state index contributed by atoms with van der Waals surface area (Å²) < 4.78 is 2.28. The van der Waals surface area contributed by atoms with Crippen molar-refractivity contribution >= 4 is 0 Å². The van der Waals surface area contributed by atoms with E-state index in [1.54, 1.807) is 0 Å². The van der Waals surface area contributed by atoms with Crippen LogP contribution in [0.15, 0.2) is 0 Å². The molecule has 1 aliphatic carbocycles. The fraction of sp³-hybridized carbons (Fsp3) is 0.846. The van der Waals surface area contributed by atoms with Crippen LogP contribution in [0.1, 0.15) is 43.9 Å². The van der Waals surface area contributed by atoms with E-state index in [1.807, 2.05) is 6.92 Å². The third-order valence-corrected chi connectivity index (χ3v) is 4.22. The van der Waals surface area contributed by atoms with E-state index in [0.29, 0.717) is 12.0 Å². The molecule has 100 valence electrons. The van der Waals surface area contributed by atoms with Crippen molar-refractivity contribution in [3.8, 4) is 0 Å². The molecule has 1 aromatic heterocycles. The molecule has 1 N–H and O–H groups in total. The maximum Gasteiger partial charge on any atom is 0.147 e. The topological polar surface area (TPSA) is 54.2 Å². The van der Waals surface area contributed by atoms with Gasteiger partial charge in [0.1, 0.15) is 11.6 Å². The number of aliphatic hydroxyl groups is 1. The van der Waals surface area contributed by atoms with Crippen LogP contribution >= 0.6 is 0 Å². The summed E-state index contributed by atoms with van der Waals surface area (Å²) in [6.07, 6.45) is 3.38. The molecule has 2 atom stereocenters. The Labute approximate surface area is 108 Å². The van der Waals surface area contributed by atoms with Gasteiger partial charge in [0.2, 0.25) is 0 Å². The van der Waals surface area contributed by atoms with Crippen molar-refractivity contribution in [2.45, 2.75) is 51.8 Å². The minimum absolute atomic E-state index is 0.197. The standard InChI is InChI=1S/C13H22N4O/c1-9-5-6-16(7-12(9)18)8-13-15-14-10(2)17(13)11-3-4-11/h9,11-12,18H,3-8H2,1-2H3. The molecule has 0 spiro atoms. The first kappa shape index (κ1) is 12.1. The second kappa shape index (κ2) is 4.63. The van der Waals surface area contributed by atoms with Gasteiger partial charge in [0, 0.05) is 12.6 Å². The van der Waals surface area contributed by atoms with E-state index in [0.717, 1.165) is 37.7 Å². The number of β-amino-alcohol motifs (C(OH)–C–C–N with tert-alkyl or cyclic N) is 1. The normalized spacial score (nSPS) is 29.7. The van der Waals surface area contributed by atoms with Gasteiger partial charge in [-0.15, -0.1) is 10.2 Å². The number of aryl methyl sites for hydroxylation is 1. The number of aromatic nitrogens is 3. The minimum atomic E-state index is -0.197. The molecule has 0 bridgehead atoms. The molecular weight excluding hydrogens is 228 g/mol. The maximum absolute atomic E-state index is 9.94. The summed E-state index contributed by atoms with van der Waals surface area (Å²) >= 11 is 0. The zero-order valence-electron chi connectivity index (χ0n) is 11.2. The van der Waals surface area contributed by atoms with E-state index in [1.165, 1.54) is 12.8 Å². The number of nitrogens with zero attached hydrogens (tertiary/aromatic N) is 4. The highest BCUT2D eigenvalue weighted by Gasteiger charge is 2.30. The first-order valence-electron chi connectivity index (χ1n) is 6.96. The molecule has 2 fully saturated rings. The Morgan fingerprint density at radius 3 is 2.72 bits per heavy atom. The van der Waals surface area contributed by atoms with Crippen LogP contribution in [0.2, 0.25) is 0 Å². The Morgan fingerprint density at radius 2 is 2.06 bits per heavy atom. The van der Waals surface area contributed by atoms with Crippen LogP contribution in [-0.4, -0.2) is 44.0 Å². The molecule has 0 aromatic carbocycles. The molecule has 1 saturated heterocycles. The minimum Gasteiger partial charge on any atom is -0.392 e. The van der Waals surface area contributed by atoms with Crippen LogP contribution in [0.4, 0.5) is 0 Å². The van der Waals surface area contributed by atoms with Gasteiger partial charge in [-0.2, -0.15) is 0 Å². The molecule has 0 amide bonds. The molecule has 1 aromatic rings. The van der Waals surface area contributed by atoms with Gasteiger partial charge in [-0.3, -0.25) is 4.90 Å². The predicted octanol–water partition coefficient (Wildman–Crippen LogP) is 1.12. The molecule has 5 heteroatoms. The monoisotopic (exact) mass is 250 g/mol. The Hall–Kier alpha value is -0.940. The van der Waals surface area contributed by atoms with Crippen LogP contribution in [0, 0.1) is 12.8 Å². The highest BCUT2D eigenvalue weighted by molar-refractivity contribution is 5.01. The van der Waals surface area contributed by atoms with E-state index in [2.05, 4.69) is 26.6 Å². The summed E-state index contributed by atoms with van der Waals surface area (Å²) in [6.45, 7) is 6.79. The summed E-state index contributed by atoms with van der Waals surface area (Å²) in [5.41, 5.74) is 0. The summed E-state index contributed by atoms with van der Waals surface area (Å²) in [5.74, 6) is 2.51. The third kappa shape index (κ3) is 2.29. The number of rotatable bonds is 3. The molecule has 2 heterocycles. The van der Waals surface area contributed by atoms with E-state index < -0.39 is 0 Å². The van der Waals surface area contributed by atoms with Crippen molar-refractivity contribution in [3.05, 3.63) is 11.6 Å². The number of hydrogen-bond acceptors (Lipinski definition) is 4. The summed E-state index contributed by atoms with van der Waals surface area (Å²) in [6, 6.07) is 0.628. The molecule has 18 heavy (non-hydrogen) atoms. The zero-order valence-corrected chi connectivity index (χ0v) is 11.2. The molecule has 5 nitrogen and oxygen atoms in total. The fourth-order valence-electron chi connectivity index (χ4n) is 2.79. The fourth-order valence-corrected chi connectivity index (χ4v) is 2.79. The molecule has 3 rings (SSSR count). The SMILES string of the molecule is Cc1nnc(CN2CCC(C)C(O)C2)n1C1CC1. The van der Waals surface area contributed by atoms with Crippen LogP contribution in [0.3, 0.4) is 0 Å².